The van der Waals surface area contributed by atoms with Gasteiger partial charge in [-0.05, 0) is 42.5 Å². The minimum Gasteiger partial charge on any atom is -0.455 e. The van der Waals surface area contributed by atoms with Crippen molar-refractivity contribution in [2.45, 2.75) is 0 Å². The highest BCUT2D eigenvalue weighted by Gasteiger charge is 2.05. The molecule has 0 aliphatic carbocycles. The standard InChI is InChI=1S/C18H12Br2N2O2/c19-14-6-4-12(5-7-14)17-9-8-16(24-17)11-21-22-18(23)13-2-1-3-15(20)10-13/h1-11H,(H,22,23)/b21-11-. The van der Waals surface area contributed by atoms with Crippen LogP contribution in [-0.2, 0) is 0 Å². The first-order chi connectivity index (χ1) is 11.6. The molecule has 4 nitrogen and oxygen atoms in total. The van der Waals surface area contributed by atoms with E-state index in [4.69, 9.17) is 4.42 Å². The van der Waals surface area contributed by atoms with Crippen LogP contribution in [0.3, 0.4) is 0 Å². The predicted octanol–water partition coefficient (Wildman–Crippen LogP) is 5.24. The largest absolute Gasteiger partial charge is 0.455 e. The van der Waals surface area contributed by atoms with Gasteiger partial charge in [0.05, 0.1) is 6.21 Å². The van der Waals surface area contributed by atoms with Gasteiger partial charge in [0.25, 0.3) is 5.91 Å². The summed E-state index contributed by atoms with van der Waals surface area (Å²) in [4.78, 5) is 12.0. The maximum Gasteiger partial charge on any atom is 0.271 e. The van der Waals surface area contributed by atoms with E-state index in [2.05, 4.69) is 42.4 Å². The van der Waals surface area contributed by atoms with Gasteiger partial charge in [-0.3, -0.25) is 4.79 Å². The van der Waals surface area contributed by atoms with E-state index >= 15 is 0 Å². The first-order valence-corrected chi connectivity index (χ1v) is 8.65. The average molecular weight is 448 g/mol. The summed E-state index contributed by atoms with van der Waals surface area (Å²) in [5.41, 5.74) is 3.97. The first kappa shape index (κ1) is 16.7. The summed E-state index contributed by atoms with van der Waals surface area (Å²) in [7, 11) is 0. The summed E-state index contributed by atoms with van der Waals surface area (Å²) >= 11 is 6.73. The fourth-order valence-electron chi connectivity index (χ4n) is 2.04. The van der Waals surface area contributed by atoms with Gasteiger partial charge in [-0.1, -0.05) is 50.1 Å². The zero-order valence-corrected chi connectivity index (χ0v) is 15.5. The molecule has 1 aromatic heterocycles. The van der Waals surface area contributed by atoms with Crippen LogP contribution in [0.25, 0.3) is 11.3 Å². The summed E-state index contributed by atoms with van der Waals surface area (Å²) in [6.07, 6.45) is 1.47. The van der Waals surface area contributed by atoms with Crippen LogP contribution in [0.5, 0.6) is 0 Å². The third-order valence-corrected chi connectivity index (χ3v) is 4.22. The van der Waals surface area contributed by atoms with Crippen LogP contribution < -0.4 is 5.43 Å². The molecule has 0 bridgehead atoms. The molecule has 0 saturated carbocycles. The van der Waals surface area contributed by atoms with E-state index in [1.165, 1.54) is 6.21 Å². The van der Waals surface area contributed by atoms with Crippen molar-refractivity contribution >= 4 is 44.0 Å². The number of rotatable bonds is 4. The fraction of sp³-hybridized carbons (Fsp3) is 0. The Morgan fingerprint density at radius 1 is 1.00 bits per heavy atom. The van der Waals surface area contributed by atoms with E-state index in [-0.39, 0.29) is 5.91 Å². The molecule has 120 valence electrons. The Hall–Kier alpha value is -2.18. The van der Waals surface area contributed by atoms with Gasteiger partial charge >= 0.3 is 0 Å². The van der Waals surface area contributed by atoms with Crippen LogP contribution in [0.2, 0.25) is 0 Å². The lowest BCUT2D eigenvalue weighted by Gasteiger charge is -1.99. The predicted molar refractivity (Wildman–Crippen MR) is 101 cm³/mol. The number of nitrogens with zero attached hydrogens (tertiary/aromatic N) is 1. The molecule has 0 fully saturated rings. The van der Waals surface area contributed by atoms with Gasteiger partial charge in [-0.15, -0.1) is 0 Å². The molecule has 0 saturated heterocycles. The molecular weight excluding hydrogens is 436 g/mol. The van der Waals surface area contributed by atoms with Gasteiger partial charge in [0.2, 0.25) is 0 Å². The maximum absolute atomic E-state index is 12.0. The Bertz CT molecular complexity index is 886. The highest BCUT2D eigenvalue weighted by atomic mass is 79.9. The van der Waals surface area contributed by atoms with Crippen molar-refractivity contribution in [1.29, 1.82) is 0 Å². The number of hydrazone groups is 1. The van der Waals surface area contributed by atoms with E-state index in [0.717, 1.165) is 20.3 Å². The number of carbonyl (C=O) groups is 1. The average Bonchev–Trinajstić information content (AvgIpc) is 3.04. The van der Waals surface area contributed by atoms with Crippen LogP contribution in [-0.4, -0.2) is 12.1 Å². The SMILES string of the molecule is O=C(N/N=C\c1ccc(-c2ccc(Br)cc2)o1)c1cccc(Br)c1. The Morgan fingerprint density at radius 3 is 2.54 bits per heavy atom. The van der Waals surface area contributed by atoms with Crippen molar-refractivity contribution in [2.24, 2.45) is 5.10 Å². The second-order valence-electron chi connectivity index (χ2n) is 4.92. The highest BCUT2D eigenvalue weighted by molar-refractivity contribution is 9.10. The molecule has 3 aromatic rings. The summed E-state index contributed by atoms with van der Waals surface area (Å²) in [6, 6.07) is 18.6. The number of halogens is 2. The minimum atomic E-state index is -0.285. The molecule has 1 amide bonds. The number of benzene rings is 2. The molecule has 6 heteroatoms. The molecule has 0 radical (unpaired) electrons. The number of carbonyl (C=O) groups excluding carboxylic acids is 1. The maximum atomic E-state index is 12.0. The number of nitrogens with one attached hydrogen (secondary N) is 1. The zero-order valence-electron chi connectivity index (χ0n) is 12.4. The van der Waals surface area contributed by atoms with Gasteiger partial charge < -0.3 is 4.42 Å². The number of furan rings is 1. The molecule has 0 spiro atoms. The molecule has 0 aliphatic heterocycles. The number of amides is 1. The third kappa shape index (κ3) is 4.21. The molecule has 24 heavy (non-hydrogen) atoms. The van der Waals surface area contributed by atoms with E-state index in [1.54, 1.807) is 24.3 Å². The van der Waals surface area contributed by atoms with E-state index < -0.39 is 0 Å². The van der Waals surface area contributed by atoms with Gasteiger partial charge in [-0.2, -0.15) is 5.10 Å². The quantitative estimate of drug-likeness (QED) is 0.439. The van der Waals surface area contributed by atoms with Gasteiger partial charge in [0, 0.05) is 20.1 Å². The minimum absolute atomic E-state index is 0.285. The Kier molecular flexibility index (Phi) is 5.27. The first-order valence-electron chi connectivity index (χ1n) is 7.06. The Balaban J connectivity index is 1.65. The van der Waals surface area contributed by atoms with Crippen LogP contribution in [0.1, 0.15) is 16.1 Å². The Morgan fingerprint density at radius 2 is 1.79 bits per heavy atom. The lowest BCUT2D eigenvalue weighted by atomic mass is 10.2. The van der Waals surface area contributed by atoms with Crippen molar-refractivity contribution in [1.82, 2.24) is 5.43 Å². The lowest BCUT2D eigenvalue weighted by Crippen LogP contribution is -2.17. The van der Waals surface area contributed by atoms with Crippen LogP contribution >= 0.6 is 31.9 Å². The molecule has 3 rings (SSSR count). The summed E-state index contributed by atoms with van der Waals surface area (Å²) < 4.78 is 7.54. The molecular formula is C18H12Br2N2O2. The number of hydrogen-bond acceptors (Lipinski definition) is 3. The van der Waals surface area contributed by atoms with Crippen LogP contribution in [0.15, 0.2) is 79.1 Å². The van der Waals surface area contributed by atoms with E-state index in [0.29, 0.717) is 11.3 Å². The normalized spacial score (nSPS) is 10.9. The van der Waals surface area contributed by atoms with Crippen molar-refractivity contribution in [2.75, 3.05) is 0 Å². The molecule has 0 aliphatic rings. The van der Waals surface area contributed by atoms with E-state index in [9.17, 15) is 4.79 Å². The van der Waals surface area contributed by atoms with Gasteiger partial charge in [-0.25, -0.2) is 5.43 Å². The molecule has 0 unspecified atom stereocenters. The van der Waals surface area contributed by atoms with E-state index in [1.807, 2.05) is 36.4 Å². The zero-order chi connectivity index (χ0) is 16.9. The number of hydrogen-bond donors (Lipinski definition) is 1. The second-order valence-corrected chi connectivity index (χ2v) is 6.75. The second kappa shape index (κ2) is 7.59. The molecule has 2 aromatic carbocycles. The topological polar surface area (TPSA) is 54.6 Å². The lowest BCUT2D eigenvalue weighted by molar-refractivity contribution is 0.0955. The monoisotopic (exact) mass is 446 g/mol. The van der Waals surface area contributed by atoms with Crippen LogP contribution in [0.4, 0.5) is 0 Å². The summed E-state index contributed by atoms with van der Waals surface area (Å²) in [6.45, 7) is 0. The molecule has 1 heterocycles. The summed E-state index contributed by atoms with van der Waals surface area (Å²) in [5, 5.41) is 3.93. The Labute approximate surface area is 155 Å². The van der Waals surface area contributed by atoms with Gasteiger partial charge in [0.15, 0.2) is 0 Å². The molecule has 0 atom stereocenters. The van der Waals surface area contributed by atoms with Crippen molar-refractivity contribution in [3.8, 4) is 11.3 Å². The summed E-state index contributed by atoms with van der Waals surface area (Å²) in [5.74, 6) is 1.01. The third-order valence-electron chi connectivity index (χ3n) is 3.20. The fourth-order valence-corrected chi connectivity index (χ4v) is 2.70. The molecule has 1 N–H and O–H groups in total. The van der Waals surface area contributed by atoms with Crippen LogP contribution in [0, 0.1) is 0 Å². The smallest absolute Gasteiger partial charge is 0.271 e. The van der Waals surface area contributed by atoms with Crippen molar-refractivity contribution in [3.63, 3.8) is 0 Å². The highest BCUT2D eigenvalue weighted by Crippen LogP contribution is 2.23. The van der Waals surface area contributed by atoms with Crippen molar-refractivity contribution < 1.29 is 9.21 Å². The van der Waals surface area contributed by atoms with Crippen molar-refractivity contribution in [3.05, 3.63) is 80.9 Å². The van der Waals surface area contributed by atoms with Gasteiger partial charge in [0.1, 0.15) is 11.5 Å².